The highest BCUT2D eigenvalue weighted by atomic mass is 16.7. The van der Waals surface area contributed by atoms with Crippen molar-refractivity contribution in [3.63, 3.8) is 0 Å². The van der Waals surface area contributed by atoms with Gasteiger partial charge in [0.25, 0.3) is 0 Å². The first-order chi connectivity index (χ1) is 11.2. The molecule has 0 aromatic carbocycles. The molecule has 0 bridgehead atoms. The Morgan fingerprint density at radius 2 is 1.79 bits per heavy atom. The monoisotopic (exact) mass is 327 g/mol. The molecule has 4 nitrogen and oxygen atoms in total. The maximum absolute atomic E-state index is 6.27. The Hall–Kier alpha value is -1.33. The average molecular weight is 327 g/mol. The minimum absolute atomic E-state index is 0.129. The van der Waals surface area contributed by atoms with E-state index >= 15 is 0 Å². The Balaban J connectivity index is 1.49. The van der Waals surface area contributed by atoms with Crippen molar-refractivity contribution in [3.8, 4) is 5.88 Å². The van der Waals surface area contributed by atoms with Crippen molar-refractivity contribution in [3.05, 3.63) is 34.9 Å². The summed E-state index contributed by atoms with van der Waals surface area (Å²) in [5.74, 6) is 0.822. The lowest BCUT2D eigenvalue weighted by molar-refractivity contribution is 0.00578. The van der Waals surface area contributed by atoms with Gasteiger partial charge < -0.3 is 14.0 Å². The average Bonchev–Trinajstić information content (AvgIpc) is 2.93. The summed E-state index contributed by atoms with van der Waals surface area (Å²) in [7, 11) is -0.225. The molecule has 1 aliphatic carbocycles. The molecule has 0 radical (unpaired) electrons. The van der Waals surface area contributed by atoms with Gasteiger partial charge in [0, 0.05) is 24.1 Å². The second-order valence-electron chi connectivity index (χ2n) is 8.45. The predicted molar refractivity (Wildman–Crippen MR) is 94.1 cm³/mol. The van der Waals surface area contributed by atoms with Crippen molar-refractivity contribution in [2.45, 2.75) is 77.1 Å². The van der Waals surface area contributed by atoms with Crippen LogP contribution in [-0.4, -0.2) is 28.9 Å². The number of hydrogen-bond donors (Lipinski definition) is 0. The van der Waals surface area contributed by atoms with Crippen molar-refractivity contribution >= 4 is 7.12 Å². The van der Waals surface area contributed by atoms with E-state index in [1.54, 1.807) is 0 Å². The quantitative estimate of drug-likeness (QED) is 0.736. The van der Waals surface area contributed by atoms with Crippen LogP contribution >= 0.6 is 0 Å². The molecule has 0 amide bonds. The summed E-state index contributed by atoms with van der Waals surface area (Å²) >= 11 is 0. The molecule has 128 valence electrons. The van der Waals surface area contributed by atoms with Gasteiger partial charge in [-0.3, -0.25) is 0 Å². The first-order valence-corrected chi connectivity index (χ1v) is 8.90. The summed E-state index contributed by atoms with van der Waals surface area (Å²) in [4.78, 5) is 4.55. The van der Waals surface area contributed by atoms with Crippen molar-refractivity contribution in [1.82, 2.24) is 4.98 Å². The maximum atomic E-state index is 6.27. The second-order valence-corrected chi connectivity index (χ2v) is 8.45. The molecule has 0 unspecified atom stereocenters. The zero-order valence-electron chi connectivity index (χ0n) is 15.3. The first kappa shape index (κ1) is 16.2. The van der Waals surface area contributed by atoms with E-state index in [2.05, 4.69) is 50.9 Å². The highest BCUT2D eigenvalue weighted by Gasteiger charge is 2.53. The number of hydrogen-bond acceptors (Lipinski definition) is 4. The van der Waals surface area contributed by atoms with Crippen LogP contribution in [0.4, 0.5) is 0 Å². The van der Waals surface area contributed by atoms with Gasteiger partial charge in [0.15, 0.2) is 0 Å². The largest absolute Gasteiger partial charge is 0.490 e. The van der Waals surface area contributed by atoms with Crippen LogP contribution in [0.5, 0.6) is 5.88 Å². The summed E-state index contributed by atoms with van der Waals surface area (Å²) in [6.45, 7) is 10.4. The minimum Gasteiger partial charge on any atom is -0.470 e. The van der Waals surface area contributed by atoms with Crippen molar-refractivity contribution in [1.29, 1.82) is 0 Å². The molecule has 5 heteroatoms. The summed E-state index contributed by atoms with van der Waals surface area (Å²) in [5.41, 5.74) is 2.80. The number of fused-ring (bicyclic) bond motifs is 1. The van der Waals surface area contributed by atoms with Gasteiger partial charge in [0.05, 0.1) is 11.2 Å². The van der Waals surface area contributed by atoms with Crippen LogP contribution in [0.25, 0.3) is 0 Å². The third-order valence-electron chi connectivity index (χ3n) is 6.07. The number of aryl methyl sites for hydroxylation is 1. The van der Waals surface area contributed by atoms with Crippen LogP contribution in [-0.2, 0) is 15.7 Å². The molecule has 1 saturated heterocycles. The summed E-state index contributed by atoms with van der Waals surface area (Å²) in [6.07, 6.45) is 6.04. The number of rotatable bonds is 1. The summed E-state index contributed by atoms with van der Waals surface area (Å²) < 4.78 is 18.6. The fourth-order valence-corrected chi connectivity index (χ4v) is 3.73. The standard InChI is InChI=1S/C19H26BNO3/c1-13-6-7-14-12-19(22-16(14)21-13)10-8-15(9-11-19)20-23-17(2,3)18(4,5)24-20/h6-8H,9-12H2,1-5H3/t19-/m0/s1. The predicted octanol–water partition coefficient (Wildman–Crippen LogP) is 3.81. The molecule has 1 aromatic rings. The van der Waals surface area contributed by atoms with Gasteiger partial charge in [0.1, 0.15) is 5.60 Å². The maximum Gasteiger partial charge on any atom is 0.490 e. The molecule has 24 heavy (non-hydrogen) atoms. The summed E-state index contributed by atoms with van der Waals surface area (Å²) in [5, 5.41) is 0. The zero-order chi connectivity index (χ0) is 17.2. The molecule has 0 saturated carbocycles. The van der Waals surface area contributed by atoms with Crippen LogP contribution in [0.2, 0.25) is 0 Å². The molecule has 1 spiro atoms. The molecule has 2 aliphatic heterocycles. The fraction of sp³-hybridized carbons (Fsp3) is 0.632. The molecule has 3 heterocycles. The van der Waals surface area contributed by atoms with Gasteiger partial charge in [-0.2, -0.15) is 0 Å². The van der Waals surface area contributed by atoms with Gasteiger partial charge in [-0.15, -0.1) is 0 Å². The van der Waals surface area contributed by atoms with Crippen molar-refractivity contribution in [2.75, 3.05) is 0 Å². The van der Waals surface area contributed by atoms with Crippen LogP contribution in [0.15, 0.2) is 23.7 Å². The highest BCUT2D eigenvalue weighted by Crippen LogP contribution is 2.45. The Labute approximate surface area is 144 Å². The SMILES string of the molecule is Cc1ccc2c(n1)O[C@]1(CC=C(B3OC(C)(C)C(C)(C)O3)CC1)C2. The first-order valence-electron chi connectivity index (χ1n) is 8.90. The number of ether oxygens (including phenoxy) is 1. The third-order valence-corrected chi connectivity index (χ3v) is 6.07. The van der Waals surface area contributed by atoms with E-state index in [9.17, 15) is 0 Å². The molecule has 4 rings (SSSR count). The van der Waals surface area contributed by atoms with E-state index in [1.165, 1.54) is 11.0 Å². The molecule has 3 aliphatic rings. The van der Waals surface area contributed by atoms with Gasteiger partial charge in [-0.05, 0) is 59.0 Å². The normalized spacial score (nSPS) is 30.2. The van der Waals surface area contributed by atoms with E-state index in [1.807, 2.05) is 6.92 Å². The number of allylic oxidation sites excluding steroid dienone is 1. The Morgan fingerprint density at radius 3 is 2.42 bits per heavy atom. The fourth-order valence-electron chi connectivity index (χ4n) is 3.73. The number of aromatic nitrogens is 1. The molecule has 1 fully saturated rings. The lowest BCUT2D eigenvalue weighted by atomic mass is 9.69. The van der Waals surface area contributed by atoms with Gasteiger partial charge in [0.2, 0.25) is 5.88 Å². The summed E-state index contributed by atoms with van der Waals surface area (Å²) in [6, 6.07) is 4.22. The lowest BCUT2D eigenvalue weighted by Crippen LogP contribution is -2.41. The smallest absolute Gasteiger partial charge is 0.470 e. The highest BCUT2D eigenvalue weighted by molar-refractivity contribution is 6.54. The van der Waals surface area contributed by atoms with E-state index in [0.717, 1.165) is 37.3 Å². The lowest BCUT2D eigenvalue weighted by Gasteiger charge is -2.32. The molecule has 1 atom stereocenters. The minimum atomic E-state index is -0.283. The van der Waals surface area contributed by atoms with E-state index in [-0.39, 0.29) is 23.9 Å². The molecule has 1 aromatic heterocycles. The van der Waals surface area contributed by atoms with Gasteiger partial charge in [-0.1, -0.05) is 12.1 Å². The zero-order valence-corrected chi connectivity index (χ0v) is 15.3. The van der Waals surface area contributed by atoms with Crippen molar-refractivity contribution < 1.29 is 14.0 Å². The Bertz CT molecular complexity index is 697. The Morgan fingerprint density at radius 1 is 1.08 bits per heavy atom. The van der Waals surface area contributed by atoms with Crippen molar-refractivity contribution in [2.24, 2.45) is 0 Å². The molecular weight excluding hydrogens is 301 g/mol. The molecular formula is C19H26BNO3. The van der Waals surface area contributed by atoms with E-state index in [4.69, 9.17) is 14.0 Å². The second kappa shape index (κ2) is 5.09. The number of pyridine rings is 1. The third kappa shape index (κ3) is 2.49. The van der Waals surface area contributed by atoms with Gasteiger partial charge >= 0.3 is 7.12 Å². The Kier molecular flexibility index (Phi) is 3.43. The van der Waals surface area contributed by atoms with E-state index in [0.29, 0.717) is 0 Å². The van der Waals surface area contributed by atoms with Gasteiger partial charge in [-0.25, -0.2) is 4.98 Å². The van der Waals surface area contributed by atoms with Crippen LogP contribution in [0, 0.1) is 6.92 Å². The van der Waals surface area contributed by atoms with Crippen LogP contribution < -0.4 is 4.74 Å². The number of nitrogens with zero attached hydrogens (tertiary/aromatic N) is 1. The van der Waals surface area contributed by atoms with E-state index < -0.39 is 0 Å². The molecule has 0 N–H and O–H groups in total. The topological polar surface area (TPSA) is 40.6 Å². The van der Waals surface area contributed by atoms with Crippen LogP contribution in [0.3, 0.4) is 0 Å². The van der Waals surface area contributed by atoms with Crippen LogP contribution in [0.1, 0.15) is 58.2 Å².